The largest absolute Gasteiger partial charge is 0.324 e. The average molecular weight is 161 g/mol. The van der Waals surface area contributed by atoms with Crippen LogP contribution in [0.15, 0.2) is 24.3 Å². The molecule has 1 unspecified atom stereocenters. The molecular weight excluding hydrogens is 150 g/mol. The van der Waals surface area contributed by atoms with E-state index in [-0.39, 0.29) is 5.92 Å². The summed E-state index contributed by atoms with van der Waals surface area (Å²) in [5.74, 6) is 5.16. The van der Waals surface area contributed by atoms with Crippen molar-refractivity contribution < 1.29 is 0 Å². The first-order chi connectivity index (χ1) is 5.79. The van der Waals surface area contributed by atoms with Gasteiger partial charge in [0, 0.05) is 0 Å². The molecule has 0 bridgehead atoms. The van der Waals surface area contributed by atoms with E-state index < -0.39 is 0 Å². The summed E-state index contributed by atoms with van der Waals surface area (Å²) in [6, 6.07) is 9.67. The molecule has 0 aliphatic rings. The number of benzene rings is 1. The summed E-state index contributed by atoms with van der Waals surface area (Å²) in [7, 11) is 0. The molecule has 1 aromatic rings. The molecule has 1 aromatic carbocycles. The Kier molecular flexibility index (Phi) is 2.67. The number of hydrazine groups is 1. The fraction of sp³-hybridized carbons (Fsp3) is 0.222. The highest BCUT2D eigenvalue weighted by Crippen LogP contribution is 2.22. The van der Waals surface area contributed by atoms with Gasteiger partial charge in [0.25, 0.3) is 0 Å². The Morgan fingerprint density at radius 1 is 1.50 bits per heavy atom. The quantitative estimate of drug-likeness (QED) is 0.511. The summed E-state index contributed by atoms with van der Waals surface area (Å²) in [6.07, 6.45) is 0. The van der Waals surface area contributed by atoms with E-state index in [1.54, 1.807) is 0 Å². The van der Waals surface area contributed by atoms with Crippen LogP contribution in [0.3, 0.4) is 0 Å². The molecule has 1 atom stereocenters. The van der Waals surface area contributed by atoms with Crippen LogP contribution in [0.4, 0.5) is 5.69 Å². The second-order valence-electron chi connectivity index (χ2n) is 2.58. The van der Waals surface area contributed by atoms with Gasteiger partial charge in [0.05, 0.1) is 17.7 Å². The molecule has 1 rings (SSSR count). The monoisotopic (exact) mass is 161 g/mol. The second kappa shape index (κ2) is 3.74. The van der Waals surface area contributed by atoms with E-state index in [2.05, 4.69) is 11.5 Å². The number of rotatable bonds is 2. The molecule has 12 heavy (non-hydrogen) atoms. The summed E-state index contributed by atoms with van der Waals surface area (Å²) in [5, 5.41) is 8.69. The molecule has 0 saturated carbocycles. The zero-order valence-electron chi connectivity index (χ0n) is 6.91. The Bertz CT molecular complexity index is 301. The lowest BCUT2D eigenvalue weighted by atomic mass is 10.0. The third-order valence-corrected chi connectivity index (χ3v) is 1.78. The van der Waals surface area contributed by atoms with Crippen molar-refractivity contribution in [3.05, 3.63) is 29.8 Å². The van der Waals surface area contributed by atoms with Gasteiger partial charge in [-0.1, -0.05) is 18.2 Å². The number of anilines is 1. The zero-order valence-corrected chi connectivity index (χ0v) is 6.91. The molecule has 0 spiro atoms. The highest BCUT2D eigenvalue weighted by molar-refractivity contribution is 5.52. The average Bonchev–Trinajstić information content (AvgIpc) is 2.16. The van der Waals surface area contributed by atoms with Gasteiger partial charge in [-0.15, -0.1) is 0 Å². The molecule has 0 aliphatic heterocycles. The molecule has 0 aromatic heterocycles. The fourth-order valence-electron chi connectivity index (χ4n) is 1.08. The van der Waals surface area contributed by atoms with Gasteiger partial charge in [0.15, 0.2) is 0 Å². The maximum atomic E-state index is 8.69. The first kappa shape index (κ1) is 8.57. The Labute approximate surface area is 71.8 Å². The highest BCUT2D eigenvalue weighted by atomic mass is 15.2. The zero-order chi connectivity index (χ0) is 8.97. The minimum absolute atomic E-state index is 0.128. The molecule has 3 nitrogen and oxygen atoms in total. The molecule has 0 aliphatic carbocycles. The maximum Gasteiger partial charge on any atom is 0.0705 e. The normalized spacial score (nSPS) is 11.8. The molecular formula is C9H11N3. The van der Waals surface area contributed by atoms with Crippen LogP contribution in [0, 0.1) is 11.3 Å². The molecule has 0 amide bonds. The summed E-state index contributed by atoms with van der Waals surface area (Å²) in [6.45, 7) is 1.84. The van der Waals surface area contributed by atoms with Gasteiger partial charge in [-0.25, -0.2) is 0 Å². The van der Waals surface area contributed by atoms with Crippen LogP contribution in [-0.4, -0.2) is 0 Å². The van der Waals surface area contributed by atoms with Crippen LogP contribution >= 0.6 is 0 Å². The predicted molar refractivity (Wildman–Crippen MR) is 48.3 cm³/mol. The lowest BCUT2D eigenvalue weighted by Gasteiger charge is -2.08. The van der Waals surface area contributed by atoms with Gasteiger partial charge >= 0.3 is 0 Å². The van der Waals surface area contributed by atoms with Gasteiger partial charge in [-0.2, -0.15) is 5.26 Å². The van der Waals surface area contributed by atoms with Crippen molar-refractivity contribution >= 4 is 5.69 Å². The number of nitrogens with two attached hydrogens (primary N) is 1. The molecule has 0 saturated heterocycles. The van der Waals surface area contributed by atoms with Crippen LogP contribution in [-0.2, 0) is 0 Å². The van der Waals surface area contributed by atoms with Crippen LogP contribution in [0.5, 0.6) is 0 Å². The van der Waals surface area contributed by atoms with E-state index >= 15 is 0 Å². The Morgan fingerprint density at radius 2 is 2.17 bits per heavy atom. The third kappa shape index (κ3) is 1.55. The molecule has 0 radical (unpaired) electrons. The van der Waals surface area contributed by atoms with Crippen molar-refractivity contribution in [1.82, 2.24) is 0 Å². The Balaban J connectivity index is 3.06. The van der Waals surface area contributed by atoms with E-state index in [0.29, 0.717) is 0 Å². The standard InChI is InChI=1S/C9H11N3/c1-7(6-10)8-4-2-3-5-9(8)12-11/h2-5,7,12H,11H2,1H3. The second-order valence-corrected chi connectivity index (χ2v) is 2.58. The summed E-state index contributed by atoms with van der Waals surface area (Å²) in [5.41, 5.74) is 4.30. The van der Waals surface area contributed by atoms with Crippen molar-refractivity contribution in [3.8, 4) is 6.07 Å². The maximum absolute atomic E-state index is 8.69. The number of nitrogens with one attached hydrogen (secondary N) is 1. The SMILES string of the molecule is CC(C#N)c1ccccc1NN. The van der Waals surface area contributed by atoms with Crippen molar-refractivity contribution in [3.63, 3.8) is 0 Å². The first-order valence-corrected chi connectivity index (χ1v) is 3.74. The van der Waals surface area contributed by atoms with Crippen LogP contribution in [0.1, 0.15) is 18.4 Å². The highest BCUT2D eigenvalue weighted by Gasteiger charge is 2.07. The minimum atomic E-state index is -0.128. The van der Waals surface area contributed by atoms with E-state index in [0.717, 1.165) is 11.3 Å². The van der Waals surface area contributed by atoms with Gasteiger partial charge in [-0.3, -0.25) is 5.84 Å². The van der Waals surface area contributed by atoms with Gasteiger partial charge < -0.3 is 5.43 Å². The smallest absolute Gasteiger partial charge is 0.0705 e. The Hall–Kier alpha value is -1.53. The topological polar surface area (TPSA) is 61.8 Å². The summed E-state index contributed by atoms with van der Waals surface area (Å²) in [4.78, 5) is 0. The van der Waals surface area contributed by atoms with Gasteiger partial charge in [-0.05, 0) is 18.6 Å². The van der Waals surface area contributed by atoms with Crippen LogP contribution in [0.2, 0.25) is 0 Å². The minimum Gasteiger partial charge on any atom is -0.324 e. The van der Waals surface area contributed by atoms with Crippen molar-refractivity contribution in [2.75, 3.05) is 5.43 Å². The number of nitrogens with zero attached hydrogens (tertiary/aromatic N) is 1. The van der Waals surface area contributed by atoms with E-state index in [9.17, 15) is 0 Å². The number of hydrogen-bond acceptors (Lipinski definition) is 3. The molecule has 0 fully saturated rings. The molecule has 3 heteroatoms. The summed E-state index contributed by atoms with van der Waals surface area (Å²) >= 11 is 0. The van der Waals surface area contributed by atoms with Crippen LogP contribution < -0.4 is 11.3 Å². The molecule has 3 N–H and O–H groups in total. The lowest BCUT2D eigenvalue weighted by Crippen LogP contribution is -2.09. The Morgan fingerprint density at radius 3 is 2.75 bits per heavy atom. The van der Waals surface area contributed by atoms with E-state index in [1.165, 1.54) is 0 Å². The molecule has 0 heterocycles. The third-order valence-electron chi connectivity index (χ3n) is 1.78. The van der Waals surface area contributed by atoms with Crippen molar-refractivity contribution in [2.24, 2.45) is 5.84 Å². The van der Waals surface area contributed by atoms with Crippen LogP contribution in [0.25, 0.3) is 0 Å². The summed E-state index contributed by atoms with van der Waals surface area (Å²) < 4.78 is 0. The number of para-hydroxylation sites is 1. The fourth-order valence-corrected chi connectivity index (χ4v) is 1.08. The van der Waals surface area contributed by atoms with E-state index in [4.69, 9.17) is 11.1 Å². The number of nitrogen functional groups attached to an aromatic ring is 1. The van der Waals surface area contributed by atoms with E-state index in [1.807, 2.05) is 31.2 Å². The number of nitriles is 1. The van der Waals surface area contributed by atoms with Crippen molar-refractivity contribution in [2.45, 2.75) is 12.8 Å². The van der Waals surface area contributed by atoms with Gasteiger partial charge in [0.1, 0.15) is 0 Å². The van der Waals surface area contributed by atoms with Crippen molar-refractivity contribution in [1.29, 1.82) is 5.26 Å². The first-order valence-electron chi connectivity index (χ1n) is 3.74. The number of hydrogen-bond donors (Lipinski definition) is 2. The molecule has 62 valence electrons. The lowest BCUT2D eigenvalue weighted by molar-refractivity contribution is 0.980. The predicted octanol–water partition coefficient (Wildman–Crippen LogP) is 1.60. The van der Waals surface area contributed by atoms with Gasteiger partial charge in [0.2, 0.25) is 0 Å².